The van der Waals surface area contributed by atoms with Gasteiger partial charge < -0.3 is 19.8 Å². The molecule has 0 unspecified atom stereocenters. The van der Waals surface area contributed by atoms with Gasteiger partial charge in [0.05, 0.1) is 6.54 Å². The molecule has 8 heteroatoms. The molecule has 8 nitrogen and oxygen atoms in total. The van der Waals surface area contributed by atoms with Crippen LogP contribution in [-0.4, -0.2) is 44.7 Å². The predicted molar refractivity (Wildman–Crippen MR) is 53.9 cm³/mol. The molecule has 0 radical (unpaired) electrons. The molecule has 0 saturated heterocycles. The number of carbonyl (C=O) groups excluding carboxylic acids is 1. The SMILES string of the molecule is O=C(O)CN(C(=O)NCc1ncon1)C1CC1. The van der Waals surface area contributed by atoms with Crippen molar-refractivity contribution in [1.29, 1.82) is 0 Å². The van der Waals surface area contributed by atoms with E-state index in [9.17, 15) is 9.59 Å². The van der Waals surface area contributed by atoms with Crippen LogP contribution < -0.4 is 5.32 Å². The van der Waals surface area contributed by atoms with Crippen LogP contribution in [0.25, 0.3) is 0 Å². The van der Waals surface area contributed by atoms with Gasteiger partial charge in [0.2, 0.25) is 6.39 Å². The van der Waals surface area contributed by atoms with E-state index in [-0.39, 0.29) is 19.1 Å². The summed E-state index contributed by atoms with van der Waals surface area (Å²) in [6, 6.07) is -0.379. The summed E-state index contributed by atoms with van der Waals surface area (Å²) in [5.74, 6) is -0.670. The molecule has 2 amide bonds. The number of carbonyl (C=O) groups is 2. The minimum Gasteiger partial charge on any atom is -0.480 e. The number of aromatic nitrogens is 2. The predicted octanol–water partition coefficient (Wildman–Crippen LogP) is -0.172. The van der Waals surface area contributed by atoms with Crippen molar-refractivity contribution in [3.63, 3.8) is 0 Å². The standard InChI is InChI=1S/C9H12N4O4/c14-8(15)4-13(6-1-2-6)9(16)10-3-7-11-5-17-12-7/h5-6H,1-4H2,(H,10,16)(H,14,15). The zero-order valence-corrected chi connectivity index (χ0v) is 9.00. The molecule has 0 spiro atoms. The molecule has 1 aromatic heterocycles. The third-order valence-electron chi connectivity index (χ3n) is 2.36. The first-order valence-electron chi connectivity index (χ1n) is 5.18. The Morgan fingerprint density at radius 2 is 2.35 bits per heavy atom. The molecule has 17 heavy (non-hydrogen) atoms. The van der Waals surface area contributed by atoms with Crippen molar-refractivity contribution >= 4 is 12.0 Å². The Labute approximate surface area is 96.6 Å². The summed E-state index contributed by atoms with van der Waals surface area (Å²) in [7, 11) is 0. The maximum absolute atomic E-state index is 11.7. The fourth-order valence-corrected chi connectivity index (χ4v) is 1.43. The summed E-state index contributed by atoms with van der Waals surface area (Å²) in [5, 5.41) is 14.8. The summed E-state index contributed by atoms with van der Waals surface area (Å²) in [6.07, 6.45) is 2.86. The van der Waals surface area contributed by atoms with E-state index in [1.807, 2.05) is 0 Å². The number of nitrogens with one attached hydrogen (secondary N) is 1. The minimum atomic E-state index is -1.02. The maximum atomic E-state index is 11.7. The highest BCUT2D eigenvalue weighted by molar-refractivity contribution is 5.80. The van der Waals surface area contributed by atoms with Gasteiger partial charge in [-0.05, 0) is 12.8 Å². The third kappa shape index (κ3) is 3.16. The quantitative estimate of drug-likeness (QED) is 0.739. The molecule has 1 heterocycles. The summed E-state index contributed by atoms with van der Waals surface area (Å²) in [5.41, 5.74) is 0. The van der Waals surface area contributed by atoms with Gasteiger partial charge in [0.15, 0.2) is 5.82 Å². The number of hydrogen-bond acceptors (Lipinski definition) is 5. The molecule has 92 valence electrons. The fraction of sp³-hybridized carbons (Fsp3) is 0.556. The third-order valence-corrected chi connectivity index (χ3v) is 2.36. The number of aliphatic carboxylic acids is 1. The van der Waals surface area contributed by atoms with E-state index in [4.69, 9.17) is 5.11 Å². The van der Waals surface area contributed by atoms with Crippen molar-refractivity contribution in [3.05, 3.63) is 12.2 Å². The van der Waals surface area contributed by atoms with Gasteiger partial charge in [0.25, 0.3) is 0 Å². The fourth-order valence-electron chi connectivity index (χ4n) is 1.43. The highest BCUT2D eigenvalue weighted by Gasteiger charge is 2.33. The highest BCUT2D eigenvalue weighted by Crippen LogP contribution is 2.26. The van der Waals surface area contributed by atoms with E-state index < -0.39 is 12.0 Å². The molecule has 1 aliphatic carbocycles. The van der Waals surface area contributed by atoms with Gasteiger partial charge in [-0.1, -0.05) is 5.16 Å². The highest BCUT2D eigenvalue weighted by atomic mass is 16.5. The monoisotopic (exact) mass is 240 g/mol. The smallest absolute Gasteiger partial charge is 0.323 e. The Balaban J connectivity index is 1.85. The Bertz CT molecular complexity index is 401. The average molecular weight is 240 g/mol. The van der Waals surface area contributed by atoms with Crippen LogP contribution in [0.15, 0.2) is 10.9 Å². The second-order valence-corrected chi connectivity index (χ2v) is 3.76. The largest absolute Gasteiger partial charge is 0.480 e. The number of amides is 2. The van der Waals surface area contributed by atoms with E-state index in [1.54, 1.807) is 0 Å². The van der Waals surface area contributed by atoms with Crippen molar-refractivity contribution in [3.8, 4) is 0 Å². The topological polar surface area (TPSA) is 109 Å². The molecule has 1 saturated carbocycles. The van der Waals surface area contributed by atoms with Crippen molar-refractivity contribution in [2.45, 2.75) is 25.4 Å². The van der Waals surface area contributed by atoms with Crippen molar-refractivity contribution in [2.75, 3.05) is 6.54 Å². The van der Waals surface area contributed by atoms with E-state index in [0.29, 0.717) is 5.82 Å². The molecule has 0 atom stereocenters. The molecule has 1 fully saturated rings. The van der Waals surface area contributed by atoms with E-state index in [1.165, 1.54) is 4.90 Å². The normalized spacial score (nSPS) is 14.4. The Kier molecular flexibility index (Phi) is 3.22. The lowest BCUT2D eigenvalue weighted by Crippen LogP contribution is -2.43. The van der Waals surface area contributed by atoms with Gasteiger partial charge >= 0.3 is 12.0 Å². The zero-order chi connectivity index (χ0) is 12.3. The second-order valence-electron chi connectivity index (χ2n) is 3.76. The Hall–Kier alpha value is -2.12. The lowest BCUT2D eigenvalue weighted by Gasteiger charge is -2.20. The summed E-state index contributed by atoms with van der Waals surface area (Å²) >= 11 is 0. The van der Waals surface area contributed by atoms with Crippen LogP contribution in [0, 0.1) is 0 Å². The number of nitrogens with zero attached hydrogens (tertiary/aromatic N) is 3. The van der Waals surface area contributed by atoms with E-state index >= 15 is 0 Å². The molecular weight excluding hydrogens is 228 g/mol. The zero-order valence-electron chi connectivity index (χ0n) is 9.00. The average Bonchev–Trinajstić information content (AvgIpc) is 2.99. The number of hydrogen-bond donors (Lipinski definition) is 2. The summed E-state index contributed by atoms with van der Waals surface area (Å²) < 4.78 is 4.51. The second kappa shape index (κ2) is 4.81. The molecule has 0 aromatic carbocycles. The molecule has 2 N–H and O–H groups in total. The molecule has 2 rings (SSSR count). The summed E-state index contributed by atoms with van der Waals surface area (Å²) in [6.45, 7) is -0.166. The van der Waals surface area contributed by atoms with Crippen LogP contribution in [0.1, 0.15) is 18.7 Å². The van der Waals surface area contributed by atoms with Crippen LogP contribution in [0.2, 0.25) is 0 Å². The molecular formula is C9H12N4O4. The van der Waals surface area contributed by atoms with Crippen LogP contribution >= 0.6 is 0 Å². The number of rotatable bonds is 5. The van der Waals surface area contributed by atoms with E-state index in [2.05, 4.69) is 20.0 Å². The lowest BCUT2D eigenvalue weighted by atomic mass is 10.5. The maximum Gasteiger partial charge on any atom is 0.323 e. The van der Waals surface area contributed by atoms with Crippen LogP contribution in [0.4, 0.5) is 4.79 Å². The molecule has 1 aliphatic rings. The van der Waals surface area contributed by atoms with Crippen LogP contribution in [0.3, 0.4) is 0 Å². The molecule has 1 aromatic rings. The van der Waals surface area contributed by atoms with Gasteiger partial charge in [-0.3, -0.25) is 4.79 Å². The minimum absolute atomic E-state index is 0.0383. The van der Waals surface area contributed by atoms with E-state index in [0.717, 1.165) is 19.2 Å². The first-order chi connectivity index (χ1) is 8.16. The first kappa shape index (κ1) is 11.4. The van der Waals surface area contributed by atoms with Gasteiger partial charge in [0, 0.05) is 6.04 Å². The Morgan fingerprint density at radius 1 is 1.59 bits per heavy atom. The van der Waals surface area contributed by atoms with Crippen LogP contribution in [-0.2, 0) is 11.3 Å². The van der Waals surface area contributed by atoms with Crippen molar-refractivity contribution < 1.29 is 19.2 Å². The Morgan fingerprint density at radius 3 is 2.88 bits per heavy atom. The van der Waals surface area contributed by atoms with Crippen molar-refractivity contribution in [1.82, 2.24) is 20.4 Å². The van der Waals surface area contributed by atoms with Gasteiger partial charge in [-0.2, -0.15) is 4.98 Å². The number of urea groups is 1. The summed E-state index contributed by atoms with van der Waals surface area (Å²) in [4.78, 5) is 27.4. The number of carboxylic acids is 1. The lowest BCUT2D eigenvalue weighted by molar-refractivity contribution is -0.137. The van der Waals surface area contributed by atoms with Gasteiger partial charge in [-0.15, -0.1) is 0 Å². The molecule has 0 aliphatic heterocycles. The van der Waals surface area contributed by atoms with Gasteiger partial charge in [-0.25, -0.2) is 4.79 Å². The van der Waals surface area contributed by atoms with Crippen LogP contribution in [0.5, 0.6) is 0 Å². The van der Waals surface area contributed by atoms with Crippen molar-refractivity contribution in [2.24, 2.45) is 0 Å². The van der Waals surface area contributed by atoms with Gasteiger partial charge in [0.1, 0.15) is 6.54 Å². The first-order valence-corrected chi connectivity index (χ1v) is 5.18. The number of carboxylic acid groups (broad SMARTS) is 1. The molecule has 0 bridgehead atoms.